The van der Waals surface area contributed by atoms with E-state index in [0.29, 0.717) is 11.3 Å². The van der Waals surface area contributed by atoms with Crippen LogP contribution in [-0.2, 0) is 4.79 Å². The fourth-order valence-corrected chi connectivity index (χ4v) is 2.11. The molecule has 0 radical (unpaired) electrons. The Morgan fingerprint density at radius 1 is 1.39 bits per heavy atom. The number of amides is 1. The maximum absolute atomic E-state index is 12.2. The summed E-state index contributed by atoms with van der Waals surface area (Å²) in [5.74, 6) is -1.53. The van der Waals surface area contributed by atoms with Crippen molar-refractivity contribution in [2.45, 2.75) is 18.6 Å². The number of aliphatic hydroxyl groups is 1. The molecular weight excluding hydrogens is 236 g/mol. The lowest BCUT2D eigenvalue weighted by atomic mass is 10.1. The maximum Gasteiger partial charge on any atom is 0.326 e. The number of rotatable bonds is 2. The summed E-state index contributed by atoms with van der Waals surface area (Å²) in [5, 5.41) is 18.5. The monoisotopic (exact) mass is 250 g/mol. The van der Waals surface area contributed by atoms with Crippen molar-refractivity contribution in [3.63, 3.8) is 0 Å². The zero-order valence-corrected chi connectivity index (χ0v) is 9.61. The van der Waals surface area contributed by atoms with Gasteiger partial charge in [-0.15, -0.1) is 0 Å². The van der Waals surface area contributed by atoms with Gasteiger partial charge in [-0.05, 0) is 18.2 Å². The van der Waals surface area contributed by atoms with Crippen LogP contribution in [0.15, 0.2) is 24.3 Å². The van der Waals surface area contributed by atoms with Crippen LogP contribution < -0.4 is 5.73 Å². The third kappa shape index (κ3) is 2.28. The molecule has 96 valence electrons. The van der Waals surface area contributed by atoms with Crippen LogP contribution in [0.4, 0.5) is 5.69 Å². The Balaban J connectivity index is 2.25. The molecule has 0 spiro atoms. The van der Waals surface area contributed by atoms with Crippen molar-refractivity contribution in [3.8, 4) is 0 Å². The van der Waals surface area contributed by atoms with E-state index < -0.39 is 24.0 Å². The summed E-state index contributed by atoms with van der Waals surface area (Å²) in [6, 6.07) is 5.36. The Kier molecular flexibility index (Phi) is 3.20. The number of anilines is 1. The molecule has 2 atom stereocenters. The first-order chi connectivity index (χ1) is 8.49. The van der Waals surface area contributed by atoms with Crippen molar-refractivity contribution in [3.05, 3.63) is 29.8 Å². The minimum atomic E-state index is -1.11. The van der Waals surface area contributed by atoms with Gasteiger partial charge in [0.25, 0.3) is 5.91 Å². The van der Waals surface area contributed by atoms with Crippen LogP contribution in [0.25, 0.3) is 0 Å². The van der Waals surface area contributed by atoms with Gasteiger partial charge in [0.2, 0.25) is 0 Å². The molecule has 1 fully saturated rings. The van der Waals surface area contributed by atoms with E-state index in [2.05, 4.69) is 0 Å². The highest BCUT2D eigenvalue weighted by Gasteiger charge is 2.39. The molecule has 1 heterocycles. The molecule has 0 aliphatic carbocycles. The first-order valence-corrected chi connectivity index (χ1v) is 5.56. The lowest BCUT2D eigenvalue weighted by molar-refractivity contribution is -0.141. The number of nitrogen functional groups attached to an aromatic ring is 1. The molecule has 1 aliphatic rings. The molecule has 0 bridgehead atoms. The first-order valence-electron chi connectivity index (χ1n) is 5.56. The number of β-amino-alcohol motifs (C(OH)–C–C–N with tert-alkyl or cyclic N) is 1. The SMILES string of the molecule is Nc1cccc(C(=O)N2C[C@@H](O)C[C@H]2C(=O)O)c1. The molecule has 6 heteroatoms. The summed E-state index contributed by atoms with van der Waals surface area (Å²) in [7, 11) is 0. The van der Waals surface area contributed by atoms with Crippen molar-refractivity contribution in [2.24, 2.45) is 0 Å². The highest BCUT2D eigenvalue weighted by molar-refractivity contribution is 5.97. The van der Waals surface area contributed by atoms with E-state index in [-0.39, 0.29) is 13.0 Å². The Morgan fingerprint density at radius 2 is 2.11 bits per heavy atom. The van der Waals surface area contributed by atoms with E-state index >= 15 is 0 Å². The van der Waals surface area contributed by atoms with E-state index in [1.807, 2.05) is 0 Å². The van der Waals surface area contributed by atoms with Crippen LogP contribution in [0.1, 0.15) is 16.8 Å². The van der Waals surface area contributed by atoms with E-state index in [0.717, 1.165) is 0 Å². The molecule has 6 nitrogen and oxygen atoms in total. The standard InChI is InChI=1S/C12H14N2O4/c13-8-3-1-2-7(4-8)11(16)14-6-9(15)5-10(14)12(17)18/h1-4,9-10,15H,5-6,13H2,(H,17,18)/t9-,10-/m0/s1. The number of hydrogen-bond acceptors (Lipinski definition) is 4. The zero-order chi connectivity index (χ0) is 13.3. The van der Waals surface area contributed by atoms with E-state index in [4.69, 9.17) is 10.8 Å². The maximum atomic E-state index is 12.2. The number of aliphatic carboxylic acids is 1. The van der Waals surface area contributed by atoms with Crippen LogP contribution in [-0.4, -0.2) is 45.7 Å². The van der Waals surface area contributed by atoms with Crippen molar-refractivity contribution >= 4 is 17.6 Å². The molecule has 1 saturated heterocycles. The number of carbonyl (C=O) groups is 2. The van der Waals surface area contributed by atoms with Gasteiger partial charge < -0.3 is 20.8 Å². The average Bonchev–Trinajstić information content (AvgIpc) is 2.70. The number of aliphatic hydroxyl groups excluding tert-OH is 1. The van der Waals surface area contributed by atoms with Crippen LogP contribution in [0.3, 0.4) is 0 Å². The molecule has 0 unspecified atom stereocenters. The summed E-state index contributed by atoms with van der Waals surface area (Å²) >= 11 is 0. The van der Waals surface area contributed by atoms with Crippen LogP contribution >= 0.6 is 0 Å². The number of hydrogen-bond donors (Lipinski definition) is 3. The number of likely N-dealkylation sites (tertiary alicyclic amines) is 1. The lowest BCUT2D eigenvalue weighted by Crippen LogP contribution is -2.40. The summed E-state index contributed by atoms with van der Waals surface area (Å²) in [4.78, 5) is 24.4. The van der Waals surface area contributed by atoms with Gasteiger partial charge in [0, 0.05) is 24.2 Å². The van der Waals surface area contributed by atoms with Crippen molar-refractivity contribution < 1.29 is 19.8 Å². The van der Waals surface area contributed by atoms with Crippen LogP contribution in [0.2, 0.25) is 0 Å². The van der Waals surface area contributed by atoms with Crippen molar-refractivity contribution in [2.75, 3.05) is 12.3 Å². The number of carbonyl (C=O) groups excluding carboxylic acids is 1. The summed E-state index contributed by atoms with van der Waals surface area (Å²) < 4.78 is 0. The Hall–Kier alpha value is -2.08. The van der Waals surface area contributed by atoms with E-state index in [1.54, 1.807) is 18.2 Å². The molecule has 1 aliphatic heterocycles. The molecule has 0 aromatic heterocycles. The molecule has 0 saturated carbocycles. The Labute approximate surface area is 104 Å². The van der Waals surface area contributed by atoms with Crippen LogP contribution in [0, 0.1) is 0 Å². The molecule has 1 aromatic rings. The van der Waals surface area contributed by atoms with Gasteiger partial charge in [0.15, 0.2) is 0 Å². The fraction of sp³-hybridized carbons (Fsp3) is 0.333. The topological polar surface area (TPSA) is 104 Å². The largest absolute Gasteiger partial charge is 0.480 e. The molecule has 1 aromatic carbocycles. The third-order valence-corrected chi connectivity index (χ3v) is 2.96. The molecule has 18 heavy (non-hydrogen) atoms. The average molecular weight is 250 g/mol. The number of carboxylic acids is 1. The number of benzene rings is 1. The van der Waals surface area contributed by atoms with Gasteiger partial charge in [-0.1, -0.05) is 6.07 Å². The first kappa shape index (κ1) is 12.4. The van der Waals surface area contributed by atoms with Crippen molar-refractivity contribution in [1.29, 1.82) is 0 Å². The third-order valence-electron chi connectivity index (χ3n) is 2.96. The highest BCUT2D eigenvalue weighted by Crippen LogP contribution is 2.21. The summed E-state index contributed by atoms with van der Waals surface area (Å²) in [6.45, 7) is 0.0323. The van der Waals surface area contributed by atoms with Crippen molar-refractivity contribution in [1.82, 2.24) is 4.90 Å². The minimum Gasteiger partial charge on any atom is -0.480 e. The number of carboxylic acid groups (broad SMARTS) is 1. The van der Waals surface area contributed by atoms with Gasteiger partial charge in [0.05, 0.1) is 6.10 Å². The highest BCUT2D eigenvalue weighted by atomic mass is 16.4. The summed E-state index contributed by atoms with van der Waals surface area (Å²) in [5.41, 5.74) is 6.35. The molecule has 4 N–H and O–H groups in total. The van der Waals surface area contributed by atoms with E-state index in [1.165, 1.54) is 11.0 Å². The Bertz CT molecular complexity index is 489. The van der Waals surface area contributed by atoms with Gasteiger partial charge in [-0.3, -0.25) is 4.79 Å². The van der Waals surface area contributed by atoms with Gasteiger partial charge >= 0.3 is 5.97 Å². The smallest absolute Gasteiger partial charge is 0.326 e. The molecule has 1 amide bonds. The second kappa shape index (κ2) is 4.66. The molecule has 2 rings (SSSR count). The predicted octanol–water partition coefficient (Wildman–Crippen LogP) is -0.0712. The van der Waals surface area contributed by atoms with Crippen LogP contribution in [0.5, 0.6) is 0 Å². The zero-order valence-electron chi connectivity index (χ0n) is 9.61. The van der Waals surface area contributed by atoms with Gasteiger partial charge in [0.1, 0.15) is 6.04 Å². The predicted molar refractivity (Wildman–Crippen MR) is 63.9 cm³/mol. The fourth-order valence-electron chi connectivity index (χ4n) is 2.11. The summed E-state index contributed by atoms with van der Waals surface area (Å²) in [6.07, 6.45) is -0.736. The second-order valence-electron chi connectivity index (χ2n) is 4.33. The van der Waals surface area contributed by atoms with E-state index in [9.17, 15) is 14.7 Å². The second-order valence-corrected chi connectivity index (χ2v) is 4.33. The number of nitrogens with zero attached hydrogens (tertiary/aromatic N) is 1. The Morgan fingerprint density at radius 3 is 2.72 bits per heavy atom. The van der Waals surface area contributed by atoms with Gasteiger partial charge in [-0.25, -0.2) is 4.79 Å². The van der Waals surface area contributed by atoms with Gasteiger partial charge in [-0.2, -0.15) is 0 Å². The molecular formula is C12H14N2O4. The minimum absolute atomic E-state index is 0.0323. The normalized spacial score (nSPS) is 23.1. The quantitative estimate of drug-likeness (QED) is 0.637. The number of nitrogens with two attached hydrogens (primary N) is 1. The lowest BCUT2D eigenvalue weighted by Gasteiger charge is -2.21.